The molecule has 3 saturated carbocycles. The van der Waals surface area contributed by atoms with Crippen molar-refractivity contribution in [2.75, 3.05) is 0 Å². The maximum absolute atomic E-state index is 12.3. The van der Waals surface area contributed by atoms with Crippen LogP contribution in [0.5, 0.6) is 0 Å². The number of halogens is 2. The molecule has 1 N–H and O–H groups in total. The van der Waals surface area contributed by atoms with E-state index in [2.05, 4.69) is 29.8 Å². The molecule has 0 aliphatic heterocycles. The summed E-state index contributed by atoms with van der Waals surface area (Å²) in [6.07, 6.45) is 5.97. The number of Topliss-reactive ketones (excluding diaryl/α,β-unsaturated/α-hetero) is 1. The third-order valence-electron chi connectivity index (χ3n) is 8.56. The molecule has 0 bridgehead atoms. The number of fused-ring (bicyclic) bond motifs is 5. The zero-order valence-corrected chi connectivity index (χ0v) is 18.1. The van der Waals surface area contributed by atoms with E-state index >= 15 is 0 Å². The van der Waals surface area contributed by atoms with Crippen LogP contribution in [-0.2, 0) is 9.59 Å². The monoisotopic (exact) mass is 442 g/mol. The molecule has 2 unspecified atom stereocenters. The lowest BCUT2D eigenvalue weighted by Gasteiger charge is -2.61. The SMILES string of the molecule is CC(=O)[C@H]1CC[C@H]2[C@@H]3CC(Cl)(Br)C4=CC(=O)CC(O)[C@]4(C)[C@H]3CC[C@]12C. The van der Waals surface area contributed by atoms with Gasteiger partial charge in [0.25, 0.3) is 0 Å². The molecule has 4 aliphatic carbocycles. The minimum Gasteiger partial charge on any atom is -0.392 e. The summed E-state index contributed by atoms with van der Waals surface area (Å²) in [7, 11) is 0. The molecule has 0 radical (unpaired) electrons. The van der Waals surface area contributed by atoms with Crippen molar-refractivity contribution in [3.05, 3.63) is 11.6 Å². The number of alkyl halides is 2. The highest BCUT2D eigenvalue weighted by atomic mass is 79.9. The largest absolute Gasteiger partial charge is 0.392 e. The molecule has 26 heavy (non-hydrogen) atoms. The summed E-state index contributed by atoms with van der Waals surface area (Å²) in [6, 6.07) is 0. The van der Waals surface area contributed by atoms with Gasteiger partial charge in [-0.15, -0.1) is 11.6 Å². The zero-order chi connectivity index (χ0) is 19.1. The molecular weight excluding hydrogens is 416 g/mol. The quantitative estimate of drug-likeness (QED) is 0.601. The van der Waals surface area contributed by atoms with Gasteiger partial charge in [-0.1, -0.05) is 29.8 Å². The van der Waals surface area contributed by atoms with Gasteiger partial charge in [-0.2, -0.15) is 0 Å². The fourth-order valence-corrected chi connectivity index (χ4v) is 8.65. The van der Waals surface area contributed by atoms with Crippen LogP contribution in [0.4, 0.5) is 0 Å². The Morgan fingerprint density at radius 1 is 1.27 bits per heavy atom. The van der Waals surface area contributed by atoms with Crippen LogP contribution in [-0.4, -0.2) is 26.6 Å². The maximum atomic E-state index is 12.3. The zero-order valence-electron chi connectivity index (χ0n) is 15.7. The molecule has 144 valence electrons. The molecule has 0 aromatic rings. The lowest BCUT2D eigenvalue weighted by atomic mass is 9.46. The number of aliphatic hydroxyl groups excluding tert-OH is 1. The first-order chi connectivity index (χ1) is 12.0. The summed E-state index contributed by atoms with van der Waals surface area (Å²) in [6.45, 7) is 6.14. The molecule has 0 saturated heterocycles. The molecule has 0 aromatic carbocycles. The maximum Gasteiger partial charge on any atom is 0.158 e. The van der Waals surface area contributed by atoms with Gasteiger partial charge in [-0.25, -0.2) is 0 Å². The molecule has 0 amide bonds. The lowest BCUT2D eigenvalue weighted by molar-refractivity contribution is -0.134. The van der Waals surface area contributed by atoms with Crippen molar-refractivity contribution in [1.82, 2.24) is 0 Å². The number of rotatable bonds is 1. The topological polar surface area (TPSA) is 54.4 Å². The highest BCUT2D eigenvalue weighted by Gasteiger charge is 2.65. The number of carbonyl (C=O) groups excluding carboxylic acids is 2. The normalized spacial score (nSPS) is 53.4. The molecular formula is C21H28BrClO3. The van der Waals surface area contributed by atoms with Crippen LogP contribution in [0.2, 0.25) is 0 Å². The van der Waals surface area contributed by atoms with Gasteiger partial charge in [0.1, 0.15) is 9.57 Å². The Kier molecular flexibility index (Phi) is 4.35. The van der Waals surface area contributed by atoms with Crippen LogP contribution >= 0.6 is 27.5 Å². The van der Waals surface area contributed by atoms with Crippen LogP contribution in [0.25, 0.3) is 0 Å². The van der Waals surface area contributed by atoms with Crippen LogP contribution in [0.1, 0.15) is 59.3 Å². The van der Waals surface area contributed by atoms with Gasteiger partial charge in [0.2, 0.25) is 0 Å². The predicted molar refractivity (Wildman–Crippen MR) is 105 cm³/mol. The minimum atomic E-state index is -0.785. The average Bonchev–Trinajstić information content (AvgIpc) is 2.87. The lowest BCUT2D eigenvalue weighted by Crippen LogP contribution is -2.59. The predicted octanol–water partition coefficient (Wildman–Crippen LogP) is 4.63. The fourth-order valence-electron chi connectivity index (χ4n) is 7.29. The third-order valence-corrected chi connectivity index (χ3v) is 9.67. The van der Waals surface area contributed by atoms with Crippen LogP contribution < -0.4 is 0 Å². The summed E-state index contributed by atoms with van der Waals surface area (Å²) in [5.74, 6) is 1.55. The smallest absolute Gasteiger partial charge is 0.158 e. The molecule has 3 fully saturated rings. The van der Waals surface area contributed by atoms with Gasteiger partial charge in [0.05, 0.1) is 6.10 Å². The van der Waals surface area contributed by atoms with Crippen molar-refractivity contribution < 1.29 is 14.7 Å². The Morgan fingerprint density at radius 2 is 1.96 bits per heavy atom. The van der Waals surface area contributed by atoms with Gasteiger partial charge in [-0.3, -0.25) is 9.59 Å². The van der Waals surface area contributed by atoms with Gasteiger partial charge < -0.3 is 5.11 Å². The summed E-state index contributed by atoms with van der Waals surface area (Å²) >= 11 is 10.7. The van der Waals surface area contributed by atoms with Crippen molar-refractivity contribution in [2.45, 2.75) is 69.2 Å². The van der Waals surface area contributed by atoms with E-state index in [0.29, 0.717) is 23.5 Å². The Hall–Kier alpha value is -0.190. The van der Waals surface area contributed by atoms with E-state index in [1.807, 2.05) is 0 Å². The Balaban J connectivity index is 1.78. The van der Waals surface area contributed by atoms with Crippen molar-refractivity contribution in [3.8, 4) is 0 Å². The summed E-state index contributed by atoms with van der Waals surface area (Å²) in [5.41, 5.74) is 0.430. The van der Waals surface area contributed by atoms with Gasteiger partial charge >= 0.3 is 0 Å². The highest BCUT2D eigenvalue weighted by Crippen LogP contribution is 2.70. The standard InChI is InChI=1S/C21H28BrClO3/c1-11(24)14-4-5-15-13-10-21(22,23)17-8-12(25)9-18(26)20(17,3)16(13)6-7-19(14,15)2/h8,13-16,18,26H,4-7,9-10H2,1-3H3/t13-,14+,15-,16-,18?,19+,20+,21?/m0/s1. The first kappa shape index (κ1) is 19.1. The number of carbonyl (C=O) groups is 2. The molecule has 0 heterocycles. The summed E-state index contributed by atoms with van der Waals surface area (Å²) in [4.78, 5) is 24.4. The number of ketones is 2. The van der Waals surface area contributed by atoms with Crippen molar-refractivity contribution in [3.63, 3.8) is 0 Å². The van der Waals surface area contributed by atoms with Crippen LogP contribution in [0, 0.1) is 34.5 Å². The number of hydrogen-bond donors (Lipinski definition) is 1. The Labute approximate surface area is 169 Å². The van der Waals surface area contributed by atoms with E-state index in [0.717, 1.165) is 37.7 Å². The second-order valence-electron chi connectivity index (χ2n) is 9.60. The minimum absolute atomic E-state index is 0.0361. The van der Waals surface area contributed by atoms with E-state index in [1.165, 1.54) is 0 Å². The van der Waals surface area contributed by atoms with Crippen LogP contribution in [0.15, 0.2) is 11.6 Å². The first-order valence-electron chi connectivity index (χ1n) is 9.83. The number of aliphatic hydroxyl groups is 1. The van der Waals surface area contributed by atoms with Crippen molar-refractivity contribution >= 4 is 39.1 Å². The number of hydrogen-bond acceptors (Lipinski definition) is 3. The molecule has 4 aliphatic rings. The fraction of sp³-hybridized carbons (Fsp3) is 0.810. The van der Waals surface area contributed by atoms with E-state index < -0.39 is 15.3 Å². The van der Waals surface area contributed by atoms with E-state index in [4.69, 9.17) is 11.6 Å². The molecule has 0 spiro atoms. The Morgan fingerprint density at radius 3 is 2.62 bits per heavy atom. The van der Waals surface area contributed by atoms with Crippen molar-refractivity contribution in [1.29, 1.82) is 0 Å². The highest BCUT2D eigenvalue weighted by molar-refractivity contribution is 9.10. The second kappa shape index (κ2) is 5.90. The summed E-state index contributed by atoms with van der Waals surface area (Å²) < 4.78 is -0.785. The molecule has 5 heteroatoms. The van der Waals surface area contributed by atoms with E-state index in [9.17, 15) is 14.7 Å². The molecule has 0 aromatic heterocycles. The first-order valence-corrected chi connectivity index (χ1v) is 11.0. The molecule has 4 rings (SSSR count). The average molecular weight is 444 g/mol. The van der Waals surface area contributed by atoms with Gasteiger partial charge in [0.15, 0.2) is 5.78 Å². The summed E-state index contributed by atoms with van der Waals surface area (Å²) in [5, 5.41) is 11.0. The van der Waals surface area contributed by atoms with E-state index in [1.54, 1.807) is 13.0 Å². The van der Waals surface area contributed by atoms with Gasteiger partial charge in [0, 0.05) is 17.8 Å². The Bertz CT molecular complexity index is 701. The van der Waals surface area contributed by atoms with E-state index in [-0.39, 0.29) is 23.5 Å². The van der Waals surface area contributed by atoms with Crippen molar-refractivity contribution in [2.24, 2.45) is 34.5 Å². The molecule has 3 nitrogen and oxygen atoms in total. The van der Waals surface area contributed by atoms with Crippen LogP contribution in [0.3, 0.4) is 0 Å². The second-order valence-corrected chi connectivity index (χ2v) is 12.1. The third kappa shape index (κ3) is 2.40. The molecule has 8 atom stereocenters. The van der Waals surface area contributed by atoms with Gasteiger partial charge in [-0.05, 0) is 73.8 Å².